The molecule has 0 aliphatic heterocycles. The lowest BCUT2D eigenvalue weighted by molar-refractivity contribution is 0.342. The molecular formula is C13H23N3O. The average Bonchev–Trinajstić information content (AvgIpc) is 2.97. The fourth-order valence-electron chi connectivity index (χ4n) is 2.12. The fraction of sp³-hybridized carbons (Fsp3) is 0.846. The molecular weight excluding hydrogens is 214 g/mol. The summed E-state index contributed by atoms with van der Waals surface area (Å²) in [5, 5.41) is 7.37. The summed E-state index contributed by atoms with van der Waals surface area (Å²) in [6.07, 6.45) is 5.63. The molecule has 2 rings (SSSR count). The third kappa shape index (κ3) is 4.11. The van der Waals surface area contributed by atoms with Gasteiger partial charge in [-0.2, -0.15) is 4.98 Å². The molecule has 1 atom stereocenters. The van der Waals surface area contributed by atoms with Crippen molar-refractivity contribution in [3.05, 3.63) is 11.7 Å². The quantitative estimate of drug-likeness (QED) is 0.790. The van der Waals surface area contributed by atoms with Gasteiger partial charge in [0.25, 0.3) is 0 Å². The Morgan fingerprint density at radius 3 is 2.76 bits per heavy atom. The Morgan fingerprint density at radius 1 is 1.41 bits per heavy atom. The first-order valence-corrected chi connectivity index (χ1v) is 6.66. The molecule has 1 aliphatic rings. The van der Waals surface area contributed by atoms with Crippen LogP contribution in [0.1, 0.15) is 44.8 Å². The minimum absolute atomic E-state index is 0.434. The second-order valence-electron chi connectivity index (χ2n) is 5.57. The molecule has 1 heterocycles. The summed E-state index contributed by atoms with van der Waals surface area (Å²) in [6, 6.07) is 0.434. The molecule has 17 heavy (non-hydrogen) atoms. The lowest BCUT2D eigenvalue weighted by Gasteiger charge is -2.15. The Labute approximate surface area is 103 Å². The van der Waals surface area contributed by atoms with E-state index in [1.165, 1.54) is 12.8 Å². The third-order valence-electron chi connectivity index (χ3n) is 3.26. The van der Waals surface area contributed by atoms with Gasteiger partial charge in [-0.05, 0) is 38.1 Å². The molecule has 96 valence electrons. The SMILES string of the molecule is CNC(Cc1nc(CC2CC2)no1)CC(C)C. The summed E-state index contributed by atoms with van der Waals surface area (Å²) in [4.78, 5) is 4.47. The third-order valence-corrected chi connectivity index (χ3v) is 3.26. The summed E-state index contributed by atoms with van der Waals surface area (Å²) in [6.45, 7) is 4.47. The number of nitrogens with zero attached hydrogens (tertiary/aromatic N) is 2. The molecule has 0 radical (unpaired) electrons. The number of nitrogens with one attached hydrogen (secondary N) is 1. The predicted octanol–water partition coefficient (Wildman–Crippen LogP) is 2.20. The Balaban J connectivity index is 1.85. The van der Waals surface area contributed by atoms with Crippen LogP contribution in [0.3, 0.4) is 0 Å². The largest absolute Gasteiger partial charge is 0.339 e. The van der Waals surface area contributed by atoms with Gasteiger partial charge in [-0.15, -0.1) is 0 Å². The molecule has 1 saturated carbocycles. The predicted molar refractivity (Wildman–Crippen MR) is 66.7 cm³/mol. The van der Waals surface area contributed by atoms with Gasteiger partial charge in [-0.25, -0.2) is 0 Å². The fourth-order valence-corrected chi connectivity index (χ4v) is 2.12. The molecule has 1 fully saturated rings. The van der Waals surface area contributed by atoms with Crippen LogP contribution in [0.15, 0.2) is 4.52 Å². The molecule has 0 aromatic carbocycles. The minimum Gasteiger partial charge on any atom is -0.339 e. The van der Waals surface area contributed by atoms with Gasteiger partial charge in [0.15, 0.2) is 5.82 Å². The maximum absolute atomic E-state index is 5.31. The van der Waals surface area contributed by atoms with Crippen molar-refractivity contribution in [2.45, 2.75) is 52.0 Å². The van der Waals surface area contributed by atoms with Crippen molar-refractivity contribution < 1.29 is 4.52 Å². The van der Waals surface area contributed by atoms with Crippen LogP contribution in [0, 0.1) is 11.8 Å². The van der Waals surface area contributed by atoms with E-state index in [2.05, 4.69) is 29.3 Å². The number of likely N-dealkylation sites (N-methyl/N-ethyl adjacent to an activating group) is 1. The van der Waals surface area contributed by atoms with Crippen molar-refractivity contribution in [3.63, 3.8) is 0 Å². The van der Waals surface area contributed by atoms with Crippen molar-refractivity contribution in [1.82, 2.24) is 15.5 Å². The van der Waals surface area contributed by atoms with E-state index < -0.39 is 0 Å². The lowest BCUT2D eigenvalue weighted by atomic mass is 10.0. The standard InChI is InChI=1S/C13H23N3O/c1-9(2)6-11(14-3)8-13-15-12(16-17-13)7-10-4-5-10/h9-11,14H,4-8H2,1-3H3. The van der Waals surface area contributed by atoms with E-state index >= 15 is 0 Å². The summed E-state index contributed by atoms with van der Waals surface area (Å²) < 4.78 is 5.31. The maximum atomic E-state index is 5.31. The highest BCUT2D eigenvalue weighted by atomic mass is 16.5. The zero-order chi connectivity index (χ0) is 12.3. The van der Waals surface area contributed by atoms with Crippen LogP contribution < -0.4 is 5.32 Å². The van der Waals surface area contributed by atoms with Crippen LogP contribution in [-0.4, -0.2) is 23.2 Å². The van der Waals surface area contributed by atoms with Gasteiger partial charge in [0.05, 0.1) is 0 Å². The molecule has 0 saturated heterocycles. The van der Waals surface area contributed by atoms with Crippen LogP contribution in [0.25, 0.3) is 0 Å². The summed E-state index contributed by atoms with van der Waals surface area (Å²) >= 11 is 0. The number of hydrogen-bond acceptors (Lipinski definition) is 4. The molecule has 1 aromatic rings. The molecule has 0 amide bonds. The van der Waals surface area contributed by atoms with Gasteiger partial charge < -0.3 is 9.84 Å². The first-order chi connectivity index (χ1) is 8.17. The Bertz CT molecular complexity index is 344. The number of aromatic nitrogens is 2. The van der Waals surface area contributed by atoms with Gasteiger partial charge in [0, 0.05) is 18.9 Å². The maximum Gasteiger partial charge on any atom is 0.228 e. The Kier molecular flexibility index (Phi) is 4.15. The highest BCUT2D eigenvalue weighted by molar-refractivity contribution is 4.93. The molecule has 1 aliphatic carbocycles. The highest BCUT2D eigenvalue weighted by Gasteiger charge is 2.24. The minimum atomic E-state index is 0.434. The van der Waals surface area contributed by atoms with E-state index in [4.69, 9.17) is 4.52 Å². The van der Waals surface area contributed by atoms with Gasteiger partial charge in [0.1, 0.15) is 0 Å². The van der Waals surface area contributed by atoms with E-state index in [0.29, 0.717) is 12.0 Å². The Morgan fingerprint density at radius 2 is 2.18 bits per heavy atom. The van der Waals surface area contributed by atoms with Crippen LogP contribution in [0.4, 0.5) is 0 Å². The highest BCUT2D eigenvalue weighted by Crippen LogP contribution is 2.31. The Hall–Kier alpha value is -0.900. The normalized spacial score (nSPS) is 17.6. The summed E-state index contributed by atoms with van der Waals surface area (Å²) in [5.74, 6) is 3.17. The smallest absolute Gasteiger partial charge is 0.228 e. The molecule has 0 bridgehead atoms. The molecule has 1 N–H and O–H groups in total. The van der Waals surface area contributed by atoms with Crippen LogP contribution in [0.5, 0.6) is 0 Å². The van der Waals surface area contributed by atoms with Crippen LogP contribution >= 0.6 is 0 Å². The van der Waals surface area contributed by atoms with Crippen molar-refractivity contribution in [3.8, 4) is 0 Å². The van der Waals surface area contributed by atoms with E-state index in [9.17, 15) is 0 Å². The van der Waals surface area contributed by atoms with Gasteiger partial charge >= 0.3 is 0 Å². The number of rotatable bonds is 7. The van der Waals surface area contributed by atoms with Crippen molar-refractivity contribution in [1.29, 1.82) is 0 Å². The topological polar surface area (TPSA) is 51.0 Å². The first-order valence-electron chi connectivity index (χ1n) is 6.66. The lowest BCUT2D eigenvalue weighted by Crippen LogP contribution is -2.29. The second-order valence-corrected chi connectivity index (χ2v) is 5.57. The van der Waals surface area contributed by atoms with E-state index in [1.54, 1.807) is 0 Å². The van der Waals surface area contributed by atoms with Crippen molar-refractivity contribution in [2.75, 3.05) is 7.05 Å². The van der Waals surface area contributed by atoms with Crippen LogP contribution in [-0.2, 0) is 12.8 Å². The van der Waals surface area contributed by atoms with Crippen molar-refractivity contribution in [2.24, 2.45) is 11.8 Å². The number of hydrogen-bond donors (Lipinski definition) is 1. The first kappa shape index (κ1) is 12.6. The van der Waals surface area contributed by atoms with Gasteiger partial charge in [0.2, 0.25) is 5.89 Å². The molecule has 1 unspecified atom stereocenters. The van der Waals surface area contributed by atoms with Gasteiger partial charge in [-0.3, -0.25) is 0 Å². The molecule has 4 nitrogen and oxygen atoms in total. The monoisotopic (exact) mass is 237 g/mol. The summed E-state index contributed by atoms with van der Waals surface area (Å²) in [7, 11) is 1.99. The molecule has 1 aromatic heterocycles. The van der Waals surface area contributed by atoms with E-state index in [-0.39, 0.29) is 0 Å². The molecule has 4 heteroatoms. The van der Waals surface area contributed by atoms with Gasteiger partial charge in [-0.1, -0.05) is 19.0 Å². The van der Waals surface area contributed by atoms with E-state index in [1.807, 2.05) is 7.05 Å². The van der Waals surface area contributed by atoms with E-state index in [0.717, 1.165) is 36.9 Å². The summed E-state index contributed by atoms with van der Waals surface area (Å²) in [5.41, 5.74) is 0. The van der Waals surface area contributed by atoms with Crippen LogP contribution in [0.2, 0.25) is 0 Å². The van der Waals surface area contributed by atoms with Crippen molar-refractivity contribution >= 4 is 0 Å². The second kappa shape index (κ2) is 5.63. The molecule has 0 spiro atoms. The zero-order valence-electron chi connectivity index (χ0n) is 11.1. The average molecular weight is 237 g/mol. The zero-order valence-corrected chi connectivity index (χ0v) is 11.1.